The SMILES string of the molecule is CC(C)(C)n1cc(-c2ccc(C(F)(F)F)cc2)cn1. The number of aromatic nitrogens is 2. The van der Waals surface area contributed by atoms with Gasteiger partial charge in [0.1, 0.15) is 0 Å². The van der Waals surface area contributed by atoms with Crippen molar-refractivity contribution in [1.82, 2.24) is 9.78 Å². The Morgan fingerprint density at radius 2 is 1.53 bits per heavy atom. The quantitative estimate of drug-likeness (QED) is 0.753. The molecule has 0 N–H and O–H groups in total. The Bertz CT molecular complexity index is 560. The van der Waals surface area contributed by atoms with E-state index in [1.165, 1.54) is 12.1 Å². The maximum atomic E-state index is 12.5. The van der Waals surface area contributed by atoms with Gasteiger partial charge in [0.2, 0.25) is 0 Å². The molecule has 5 heteroatoms. The van der Waals surface area contributed by atoms with Crippen LogP contribution in [0.15, 0.2) is 36.7 Å². The molecule has 0 aliphatic heterocycles. The summed E-state index contributed by atoms with van der Waals surface area (Å²) in [5.41, 5.74) is 0.746. The van der Waals surface area contributed by atoms with E-state index >= 15 is 0 Å². The van der Waals surface area contributed by atoms with Crippen molar-refractivity contribution in [2.24, 2.45) is 0 Å². The Morgan fingerprint density at radius 1 is 0.947 bits per heavy atom. The molecule has 0 saturated carbocycles. The summed E-state index contributed by atoms with van der Waals surface area (Å²) in [6, 6.07) is 5.10. The topological polar surface area (TPSA) is 17.8 Å². The van der Waals surface area contributed by atoms with Crippen molar-refractivity contribution in [2.75, 3.05) is 0 Å². The van der Waals surface area contributed by atoms with E-state index in [1.54, 1.807) is 10.9 Å². The van der Waals surface area contributed by atoms with Gasteiger partial charge in [-0.1, -0.05) is 12.1 Å². The fourth-order valence-electron chi connectivity index (χ4n) is 1.69. The third kappa shape index (κ3) is 2.97. The molecule has 1 aromatic heterocycles. The van der Waals surface area contributed by atoms with Crippen LogP contribution in [0.4, 0.5) is 13.2 Å². The highest BCUT2D eigenvalue weighted by molar-refractivity contribution is 5.62. The first-order chi connectivity index (χ1) is 8.68. The van der Waals surface area contributed by atoms with Crippen molar-refractivity contribution in [1.29, 1.82) is 0 Å². The molecular formula is C14H15F3N2. The Morgan fingerprint density at radius 3 is 1.95 bits per heavy atom. The van der Waals surface area contributed by atoms with Gasteiger partial charge >= 0.3 is 6.18 Å². The summed E-state index contributed by atoms with van der Waals surface area (Å²) in [6.45, 7) is 6.03. The summed E-state index contributed by atoms with van der Waals surface area (Å²) in [5.74, 6) is 0. The van der Waals surface area contributed by atoms with Crippen LogP contribution >= 0.6 is 0 Å². The lowest BCUT2D eigenvalue weighted by Crippen LogP contribution is -2.21. The molecule has 0 aliphatic rings. The highest BCUT2D eigenvalue weighted by atomic mass is 19.4. The molecule has 0 atom stereocenters. The average molecular weight is 268 g/mol. The zero-order chi connectivity index (χ0) is 14.3. The van der Waals surface area contributed by atoms with Crippen molar-refractivity contribution in [2.45, 2.75) is 32.5 Å². The molecule has 0 radical (unpaired) electrons. The van der Waals surface area contributed by atoms with Gasteiger partial charge in [0.25, 0.3) is 0 Å². The summed E-state index contributed by atoms with van der Waals surface area (Å²) in [5, 5.41) is 4.23. The van der Waals surface area contributed by atoms with Gasteiger partial charge in [-0.3, -0.25) is 4.68 Å². The molecule has 19 heavy (non-hydrogen) atoms. The summed E-state index contributed by atoms with van der Waals surface area (Å²) in [4.78, 5) is 0. The van der Waals surface area contributed by atoms with Crippen molar-refractivity contribution in [3.63, 3.8) is 0 Å². The Balaban J connectivity index is 2.31. The molecule has 2 aromatic rings. The van der Waals surface area contributed by atoms with E-state index < -0.39 is 11.7 Å². The zero-order valence-electron chi connectivity index (χ0n) is 11.0. The molecule has 2 rings (SSSR count). The first-order valence-corrected chi connectivity index (χ1v) is 5.91. The van der Waals surface area contributed by atoms with Crippen LogP contribution < -0.4 is 0 Å². The largest absolute Gasteiger partial charge is 0.416 e. The smallest absolute Gasteiger partial charge is 0.267 e. The molecule has 0 saturated heterocycles. The van der Waals surface area contributed by atoms with Crippen LogP contribution in [0.1, 0.15) is 26.3 Å². The van der Waals surface area contributed by atoms with Crippen molar-refractivity contribution >= 4 is 0 Å². The molecule has 102 valence electrons. The van der Waals surface area contributed by atoms with E-state index in [9.17, 15) is 13.2 Å². The minimum Gasteiger partial charge on any atom is -0.267 e. The number of hydrogen-bond donors (Lipinski definition) is 0. The molecule has 0 bridgehead atoms. The van der Waals surface area contributed by atoms with E-state index in [4.69, 9.17) is 0 Å². The van der Waals surface area contributed by atoms with Gasteiger partial charge in [0.15, 0.2) is 0 Å². The molecule has 1 heterocycles. The standard InChI is InChI=1S/C14H15F3N2/c1-13(2,3)19-9-11(8-18-19)10-4-6-12(7-5-10)14(15,16)17/h4-9H,1-3H3. The van der Waals surface area contributed by atoms with Gasteiger partial charge in [-0.2, -0.15) is 18.3 Å². The lowest BCUT2D eigenvalue weighted by atomic mass is 10.1. The Hall–Kier alpha value is -1.78. The van der Waals surface area contributed by atoms with E-state index in [2.05, 4.69) is 5.10 Å². The van der Waals surface area contributed by atoms with Crippen LogP contribution in [0.25, 0.3) is 11.1 Å². The van der Waals surface area contributed by atoms with Gasteiger partial charge < -0.3 is 0 Å². The Kier molecular flexibility index (Phi) is 3.16. The summed E-state index contributed by atoms with van der Waals surface area (Å²) in [7, 11) is 0. The van der Waals surface area contributed by atoms with E-state index in [0.29, 0.717) is 0 Å². The molecule has 1 aromatic carbocycles. The van der Waals surface area contributed by atoms with E-state index in [0.717, 1.165) is 23.3 Å². The fourth-order valence-corrected chi connectivity index (χ4v) is 1.69. The van der Waals surface area contributed by atoms with Gasteiger partial charge in [0, 0.05) is 11.8 Å². The van der Waals surface area contributed by atoms with Crippen LogP contribution in [0.3, 0.4) is 0 Å². The minimum atomic E-state index is -4.30. The molecule has 0 spiro atoms. The van der Waals surface area contributed by atoms with Crippen LogP contribution in [-0.4, -0.2) is 9.78 Å². The zero-order valence-corrected chi connectivity index (χ0v) is 11.0. The maximum absolute atomic E-state index is 12.5. The third-order valence-electron chi connectivity index (χ3n) is 2.82. The van der Waals surface area contributed by atoms with Crippen LogP contribution in [0, 0.1) is 0 Å². The van der Waals surface area contributed by atoms with Crippen molar-refractivity contribution in [3.05, 3.63) is 42.2 Å². The predicted molar refractivity (Wildman–Crippen MR) is 67.7 cm³/mol. The molecule has 0 fully saturated rings. The average Bonchev–Trinajstić information content (AvgIpc) is 2.77. The van der Waals surface area contributed by atoms with E-state index in [1.807, 2.05) is 27.0 Å². The highest BCUT2D eigenvalue weighted by Gasteiger charge is 2.30. The number of hydrogen-bond acceptors (Lipinski definition) is 1. The molecule has 0 aliphatic carbocycles. The molecule has 0 unspecified atom stereocenters. The second kappa shape index (κ2) is 4.40. The summed E-state index contributed by atoms with van der Waals surface area (Å²) < 4.78 is 39.2. The summed E-state index contributed by atoms with van der Waals surface area (Å²) >= 11 is 0. The third-order valence-corrected chi connectivity index (χ3v) is 2.82. The van der Waals surface area contributed by atoms with Gasteiger partial charge in [-0.15, -0.1) is 0 Å². The summed E-state index contributed by atoms with van der Waals surface area (Å²) in [6.07, 6.45) is -0.801. The minimum absolute atomic E-state index is 0.149. The van der Waals surface area contributed by atoms with Gasteiger partial charge in [-0.05, 0) is 38.5 Å². The number of nitrogens with zero attached hydrogens (tertiary/aromatic N) is 2. The Labute approximate surface area is 109 Å². The molecular weight excluding hydrogens is 253 g/mol. The second-order valence-corrected chi connectivity index (χ2v) is 5.42. The lowest BCUT2D eigenvalue weighted by molar-refractivity contribution is -0.137. The first-order valence-electron chi connectivity index (χ1n) is 5.91. The van der Waals surface area contributed by atoms with Crippen LogP contribution in [0.2, 0.25) is 0 Å². The fraction of sp³-hybridized carbons (Fsp3) is 0.357. The molecule has 2 nitrogen and oxygen atoms in total. The van der Waals surface area contributed by atoms with Crippen LogP contribution in [0.5, 0.6) is 0 Å². The van der Waals surface area contributed by atoms with E-state index in [-0.39, 0.29) is 5.54 Å². The van der Waals surface area contributed by atoms with Crippen molar-refractivity contribution in [3.8, 4) is 11.1 Å². The number of alkyl halides is 3. The van der Waals surface area contributed by atoms with Gasteiger partial charge in [-0.25, -0.2) is 0 Å². The van der Waals surface area contributed by atoms with Gasteiger partial charge in [0.05, 0.1) is 17.3 Å². The number of rotatable bonds is 1. The number of benzene rings is 1. The molecule has 0 amide bonds. The predicted octanol–water partition coefficient (Wildman–Crippen LogP) is 4.32. The normalized spacial score (nSPS) is 12.7. The lowest BCUT2D eigenvalue weighted by Gasteiger charge is -2.18. The van der Waals surface area contributed by atoms with Crippen molar-refractivity contribution < 1.29 is 13.2 Å². The first kappa shape index (κ1) is 13.6. The van der Waals surface area contributed by atoms with Crippen LogP contribution in [-0.2, 0) is 11.7 Å². The monoisotopic (exact) mass is 268 g/mol. The number of halogens is 3. The second-order valence-electron chi connectivity index (χ2n) is 5.42. The highest BCUT2D eigenvalue weighted by Crippen LogP contribution is 2.31. The maximum Gasteiger partial charge on any atom is 0.416 e.